The highest BCUT2D eigenvalue weighted by atomic mass is 16.5. The maximum atomic E-state index is 9.60. The van der Waals surface area contributed by atoms with Gasteiger partial charge in [-0.05, 0) is 39.3 Å². The highest BCUT2D eigenvalue weighted by Gasteiger charge is 2.12. The van der Waals surface area contributed by atoms with Crippen molar-refractivity contribution >= 4 is 0 Å². The maximum Gasteiger partial charge on any atom is 0.124 e. The lowest BCUT2D eigenvalue weighted by molar-refractivity contribution is 0.103. The Morgan fingerprint density at radius 1 is 1.32 bits per heavy atom. The molecular weight excluding hydrogens is 238 g/mol. The van der Waals surface area contributed by atoms with Gasteiger partial charge in [-0.15, -0.1) is 0 Å². The number of aryl methyl sites for hydroxylation is 1. The van der Waals surface area contributed by atoms with Gasteiger partial charge < -0.3 is 15.2 Å². The molecule has 2 N–H and O–H groups in total. The van der Waals surface area contributed by atoms with Gasteiger partial charge in [0.05, 0.1) is 6.10 Å². The third kappa shape index (κ3) is 5.21. The Morgan fingerprint density at radius 3 is 2.68 bits per heavy atom. The van der Waals surface area contributed by atoms with E-state index in [9.17, 15) is 5.11 Å². The monoisotopic (exact) mass is 265 g/mol. The molecule has 108 valence electrons. The number of nitrogens with one attached hydrogen (secondary N) is 1. The van der Waals surface area contributed by atoms with Crippen molar-refractivity contribution in [2.45, 2.75) is 52.7 Å². The summed E-state index contributed by atoms with van der Waals surface area (Å²) in [7, 11) is 0. The third-order valence-electron chi connectivity index (χ3n) is 3.23. The van der Waals surface area contributed by atoms with Gasteiger partial charge in [0.2, 0.25) is 0 Å². The molecule has 0 saturated heterocycles. The summed E-state index contributed by atoms with van der Waals surface area (Å²) in [5, 5.41) is 13.1. The maximum absolute atomic E-state index is 9.60. The smallest absolute Gasteiger partial charge is 0.124 e. The molecule has 2 unspecified atom stereocenters. The van der Waals surface area contributed by atoms with E-state index in [0.29, 0.717) is 13.0 Å². The molecule has 0 aliphatic rings. The van der Waals surface area contributed by atoms with Crippen LogP contribution in [0.1, 0.15) is 50.8 Å². The first kappa shape index (κ1) is 16.0. The van der Waals surface area contributed by atoms with Crippen LogP contribution in [0.15, 0.2) is 18.2 Å². The number of hydrogen-bond acceptors (Lipinski definition) is 3. The van der Waals surface area contributed by atoms with Crippen molar-refractivity contribution in [2.75, 3.05) is 13.2 Å². The molecule has 0 aromatic heterocycles. The normalized spacial score (nSPS) is 14.2. The number of benzene rings is 1. The zero-order chi connectivity index (χ0) is 14.3. The highest BCUT2D eigenvalue weighted by molar-refractivity contribution is 5.39. The van der Waals surface area contributed by atoms with Crippen molar-refractivity contribution in [3.05, 3.63) is 29.3 Å². The summed E-state index contributed by atoms with van der Waals surface area (Å²) < 4.78 is 5.76. The van der Waals surface area contributed by atoms with Crippen LogP contribution in [0.25, 0.3) is 0 Å². The molecule has 0 aliphatic carbocycles. The fraction of sp³-hybridized carbons (Fsp3) is 0.625. The molecule has 0 bridgehead atoms. The fourth-order valence-electron chi connectivity index (χ4n) is 1.91. The Kier molecular flexibility index (Phi) is 6.89. The second-order valence-electron chi connectivity index (χ2n) is 5.09. The molecule has 0 aliphatic heterocycles. The van der Waals surface area contributed by atoms with Crippen molar-refractivity contribution in [3.63, 3.8) is 0 Å². The quantitative estimate of drug-likeness (QED) is 0.758. The lowest BCUT2D eigenvalue weighted by Gasteiger charge is -2.20. The van der Waals surface area contributed by atoms with E-state index < -0.39 is 6.10 Å². The van der Waals surface area contributed by atoms with Crippen LogP contribution in [-0.4, -0.2) is 24.4 Å². The van der Waals surface area contributed by atoms with Crippen LogP contribution in [0, 0.1) is 6.92 Å². The van der Waals surface area contributed by atoms with Gasteiger partial charge in [-0.25, -0.2) is 0 Å². The Balaban J connectivity index is 2.78. The van der Waals surface area contributed by atoms with Crippen LogP contribution in [0.5, 0.6) is 5.75 Å². The van der Waals surface area contributed by atoms with E-state index in [-0.39, 0.29) is 6.04 Å². The van der Waals surface area contributed by atoms with Crippen LogP contribution in [-0.2, 0) is 0 Å². The van der Waals surface area contributed by atoms with E-state index in [1.54, 1.807) is 0 Å². The van der Waals surface area contributed by atoms with Gasteiger partial charge in [-0.1, -0.05) is 31.5 Å². The largest absolute Gasteiger partial charge is 0.491 e. The average Bonchev–Trinajstić information content (AvgIpc) is 2.42. The van der Waals surface area contributed by atoms with Crippen LogP contribution in [0.3, 0.4) is 0 Å². The van der Waals surface area contributed by atoms with Gasteiger partial charge in [0.25, 0.3) is 0 Å². The Hall–Kier alpha value is -1.06. The summed E-state index contributed by atoms with van der Waals surface area (Å²) in [6.07, 6.45) is 1.43. The molecule has 1 aromatic carbocycles. The molecule has 0 heterocycles. The number of ether oxygens (including phenoxy) is 1. The Labute approximate surface area is 117 Å². The summed E-state index contributed by atoms with van der Waals surface area (Å²) in [5.74, 6) is 0.870. The topological polar surface area (TPSA) is 41.5 Å². The van der Waals surface area contributed by atoms with Crippen molar-refractivity contribution < 1.29 is 9.84 Å². The fourth-order valence-corrected chi connectivity index (χ4v) is 1.91. The second-order valence-corrected chi connectivity index (χ2v) is 5.09. The molecule has 0 amide bonds. The summed E-state index contributed by atoms with van der Waals surface area (Å²) in [6, 6.07) is 6.45. The van der Waals surface area contributed by atoms with E-state index in [0.717, 1.165) is 24.3 Å². The molecule has 0 spiro atoms. The number of aliphatic hydroxyl groups is 1. The molecule has 3 nitrogen and oxygen atoms in total. The van der Waals surface area contributed by atoms with Crippen molar-refractivity contribution in [1.82, 2.24) is 5.32 Å². The van der Waals surface area contributed by atoms with Crippen molar-refractivity contribution in [2.24, 2.45) is 0 Å². The lowest BCUT2D eigenvalue weighted by atomic mass is 10.0. The van der Waals surface area contributed by atoms with Crippen molar-refractivity contribution in [3.8, 4) is 5.75 Å². The Morgan fingerprint density at radius 2 is 2.05 bits per heavy atom. The molecule has 2 atom stereocenters. The van der Waals surface area contributed by atoms with Crippen LogP contribution in [0.2, 0.25) is 0 Å². The molecule has 0 radical (unpaired) electrons. The van der Waals surface area contributed by atoms with Crippen LogP contribution in [0.4, 0.5) is 0 Å². The van der Waals surface area contributed by atoms with Gasteiger partial charge in [0.1, 0.15) is 12.4 Å². The molecule has 1 rings (SSSR count). The minimum Gasteiger partial charge on any atom is -0.491 e. The molecule has 0 fully saturated rings. The first-order valence-corrected chi connectivity index (χ1v) is 7.23. The molecule has 19 heavy (non-hydrogen) atoms. The zero-order valence-electron chi connectivity index (χ0n) is 12.6. The van der Waals surface area contributed by atoms with Gasteiger partial charge >= 0.3 is 0 Å². The predicted molar refractivity (Wildman–Crippen MR) is 79.7 cm³/mol. The standard InChI is InChI=1S/C16H27NO2/c1-5-9-17-13(4)15-10-12(3)7-8-16(15)19-11-14(18)6-2/h7-8,10,13-14,17-18H,5-6,9,11H2,1-4H3. The predicted octanol–water partition coefficient (Wildman–Crippen LogP) is 3.21. The molecule has 0 saturated carbocycles. The molecule has 1 aromatic rings. The average molecular weight is 265 g/mol. The minimum absolute atomic E-state index is 0.258. The first-order valence-electron chi connectivity index (χ1n) is 7.23. The SMILES string of the molecule is CCCNC(C)c1cc(C)ccc1OCC(O)CC. The van der Waals surface area contributed by atoms with Gasteiger partial charge in [0.15, 0.2) is 0 Å². The number of aliphatic hydroxyl groups excluding tert-OH is 1. The summed E-state index contributed by atoms with van der Waals surface area (Å²) in [5.41, 5.74) is 2.39. The summed E-state index contributed by atoms with van der Waals surface area (Å²) >= 11 is 0. The first-order chi connectivity index (χ1) is 9.08. The van der Waals surface area contributed by atoms with Gasteiger partial charge in [-0.3, -0.25) is 0 Å². The van der Waals surface area contributed by atoms with E-state index in [2.05, 4.69) is 32.2 Å². The van der Waals surface area contributed by atoms with Crippen LogP contribution < -0.4 is 10.1 Å². The Bertz CT molecular complexity index is 379. The lowest BCUT2D eigenvalue weighted by Crippen LogP contribution is -2.21. The number of rotatable bonds is 8. The van der Waals surface area contributed by atoms with E-state index in [1.165, 1.54) is 5.56 Å². The van der Waals surface area contributed by atoms with E-state index >= 15 is 0 Å². The van der Waals surface area contributed by atoms with E-state index in [1.807, 2.05) is 19.1 Å². The van der Waals surface area contributed by atoms with Crippen LogP contribution >= 0.6 is 0 Å². The second kappa shape index (κ2) is 8.18. The summed E-state index contributed by atoms with van der Waals surface area (Å²) in [4.78, 5) is 0. The van der Waals surface area contributed by atoms with E-state index in [4.69, 9.17) is 4.74 Å². The zero-order valence-corrected chi connectivity index (χ0v) is 12.6. The van der Waals surface area contributed by atoms with Crippen molar-refractivity contribution in [1.29, 1.82) is 0 Å². The third-order valence-corrected chi connectivity index (χ3v) is 3.23. The van der Waals surface area contributed by atoms with Gasteiger partial charge in [0, 0.05) is 11.6 Å². The molecule has 3 heteroatoms. The number of hydrogen-bond donors (Lipinski definition) is 2. The van der Waals surface area contributed by atoms with Gasteiger partial charge in [-0.2, -0.15) is 0 Å². The summed E-state index contributed by atoms with van der Waals surface area (Å²) in [6.45, 7) is 9.69. The highest BCUT2D eigenvalue weighted by Crippen LogP contribution is 2.26. The molecular formula is C16H27NO2. The minimum atomic E-state index is -0.395.